The number of pyridine rings is 1. The van der Waals surface area contributed by atoms with E-state index in [1.54, 1.807) is 6.26 Å². The summed E-state index contributed by atoms with van der Waals surface area (Å²) < 4.78 is 40.0. The molecule has 152 valence electrons. The molecule has 0 aliphatic carbocycles. The number of carbonyl (C=O) groups excluding carboxylic acids is 1. The van der Waals surface area contributed by atoms with Gasteiger partial charge in [-0.2, -0.15) is 13.2 Å². The lowest BCUT2D eigenvalue weighted by molar-refractivity contribution is -0.181. The van der Waals surface area contributed by atoms with Gasteiger partial charge in [-0.15, -0.1) is 0 Å². The van der Waals surface area contributed by atoms with Gasteiger partial charge >= 0.3 is 6.18 Å². The van der Waals surface area contributed by atoms with E-state index in [1.807, 2.05) is 13.8 Å². The lowest BCUT2D eigenvalue weighted by Crippen LogP contribution is -2.37. The topological polar surface area (TPSA) is 79.8 Å². The predicted octanol–water partition coefficient (Wildman–Crippen LogP) is 4.32. The third-order valence-corrected chi connectivity index (χ3v) is 4.55. The fraction of sp³-hybridized carbons (Fsp3) is 0.444. The minimum absolute atomic E-state index is 0.0966. The molecule has 0 spiro atoms. The molecule has 2 heterocycles. The maximum absolute atomic E-state index is 13.3. The first-order valence-electron chi connectivity index (χ1n) is 8.48. The first-order valence-corrected chi connectivity index (χ1v) is 9.70. The summed E-state index contributed by atoms with van der Waals surface area (Å²) in [6.07, 6.45) is 0.00155. The summed E-state index contributed by atoms with van der Waals surface area (Å²) in [6, 6.07) is 2.72. The molecule has 0 radical (unpaired) electrons. The van der Waals surface area contributed by atoms with Crippen molar-refractivity contribution in [3.8, 4) is 0 Å². The molecule has 0 unspecified atom stereocenters. The van der Waals surface area contributed by atoms with Crippen LogP contribution in [0, 0.1) is 0 Å². The van der Waals surface area contributed by atoms with Gasteiger partial charge in [0.25, 0.3) is 5.91 Å². The standard InChI is InChI=1S/C18H22F3N5OS/c1-10(2)24-15(27)12-9-23-16(28-5)26-14(12)25-11-6-7-22-13(8-11)17(3,4)18(19,20)21/h6-10H,1-5H3,(H,24,27)(H,22,23,25,26). The predicted molar refractivity (Wildman–Crippen MR) is 103 cm³/mol. The molecule has 0 aliphatic rings. The molecule has 2 rings (SSSR count). The number of anilines is 2. The number of nitrogens with one attached hydrogen (secondary N) is 2. The van der Waals surface area contributed by atoms with E-state index in [9.17, 15) is 18.0 Å². The summed E-state index contributed by atoms with van der Waals surface area (Å²) in [5, 5.41) is 6.11. The average molecular weight is 413 g/mol. The van der Waals surface area contributed by atoms with Crippen molar-refractivity contribution < 1.29 is 18.0 Å². The number of nitrogens with zero attached hydrogens (tertiary/aromatic N) is 3. The Balaban J connectivity index is 2.42. The molecule has 0 aliphatic heterocycles. The SMILES string of the molecule is CSc1ncc(C(=O)NC(C)C)c(Nc2ccnc(C(C)(C)C(F)(F)F)c2)n1. The van der Waals surface area contributed by atoms with Crippen LogP contribution in [0.25, 0.3) is 0 Å². The van der Waals surface area contributed by atoms with Gasteiger partial charge in [0.05, 0.1) is 5.69 Å². The monoisotopic (exact) mass is 413 g/mol. The van der Waals surface area contributed by atoms with Crippen LogP contribution in [-0.2, 0) is 5.41 Å². The molecular weight excluding hydrogens is 391 g/mol. The molecule has 28 heavy (non-hydrogen) atoms. The lowest BCUT2D eigenvalue weighted by Gasteiger charge is -2.27. The Hall–Kier alpha value is -2.36. The normalized spacial score (nSPS) is 12.2. The van der Waals surface area contributed by atoms with Crippen molar-refractivity contribution in [2.24, 2.45) is 0 Å². The van der Waals surface area contributed by atoms with Crippen molar-refractivity contribution in [1.29, 1.82) is 0 Å². The maximum Gasteiger partial charge on any atom is 0.399 e. The van der Waals surface area contributed by atoms with E-state index < -0.39 is 11.6 Å². The van der Waals surface area contributed by atoms with Gasteiger partial charge in [0, 0.05) is 24.1 Å². The molecule has 0 atom stereocenters. The molecule has 2 aromatic heterocycles. The summed E-state index contributed by atoms with van der Waals surface area (Å²) in [7, 11) is 0. The highest BCUT2D eigenvalue weighted by Crippen LogP contribution is 2.40. The summed E-state index contributed by atoms with van der Waals surface area (Å²) >= 11 is 1.28. The molecule has 2 aromatic rings. The number of thioether (sulfide) groups is 1. The van der Waals surface area contributed by atoms with Gasteiger partial charge < -0.3 is 10.6 Å². The van der Waals surface area contributed by atoms with Gasteiger partial charge in [-0.05, 0) is 46.1 Å². The Bertz CT molecular complexity index is 855. The van der Waals surface area contributed by atoms with Crippen LogP contribution in [-0.4, -0.2) is 39.3 Å². The van der Waals surface area contributed by atoms with Crippen molar-refractivity contribution in [2.45, 2.75) is 50.5 Å². The number of amides is 1. The molecule has 0 saturated heterocycles. The number of rotatable bonds is 6. The Morgan fingerprint density at radius 2 is 1.89 bits per heavy atom. The number of hydrogen-bond acceptors (Lipinski definition) is 6. The fourth-order valence-electron chi connectivity index (χ4n) is 2.20. The van der Waals surface area contributed by atoms with Crippen LogP contribution < -0.4 is 10.6 Å². The van der Waals surface area contributed by atoms with Crippen molar-refractivity contribution in [3.63, 3.8) is 0 Å². The van der Waals surface area contributed by atoms with Crippen molar-refractivity contribution in [3.05, 3.63) is 35.8 Å². The third kappa shape index (κ3) is 4.92. The zero-order chi connectivity index (χ0) is 21.1. The molecule has 10 heteroatoms. The molecule has 1 amide bonds. The van der Waals surface area contributed by atoms with E-state index in [4.69, 9.17) is 0 Å². The molecule has 0 saturated carbocycles. The smallest absolute Gasteiger partial charge is 0.350 e. The summed E-state index contributed by atoms with van der Waals surface area (Å²) in [5.74, 6) is -0.172. The molecule has 2 N–H and O–H groups in total. The number of hydrogen-bond donors (Lipinski definition) is 2. The first kappa shape index (κ1) is 21.9. The van der Waals surface area contributed by atoms with Gasteiger partial charge in [-0.1, -0.05) is 11.8 Å². The molecule has 0 aromatic carbocycles. The van der Waals surface area contributed by atoms with E-state index in [1.165, 1.54) is 36.3 Å². The second-order valence-electron chi connectivity index (χ2n) is 6.92. The lowest BCUT2D eigenvalue weighted by atomic mass is 9.88. The number of carbonyl (C=O) groups is 1. The molecule has 6 nitrogen and oxygen atoms in total. The highest BCUT2D eigenvalue weighted by atomic mass is 32.2. The van der Waals surface area contributed by atoms with E-state index in [2.05, 4.69) is 25.6 Å². The number of halogens is 3. The highest BCUT2D eigenvalue weighted by molar-refractivity contribution is 7.98. The van der Waals surface area contributed by atoms with Crippen LogP contribution in [0.4, 0.5) is 24.7 Å². The largest absolute Gasteiger partial charge is 0.399 e. The Kier molecular flexibility index (Phi) is 6.53. The van der Waals surface area contributed by atoms with Crippen LogP contribution >= 0.6 is 11.8 Å². The summed E-state index contributed by atoms with van der Waals surface area (Å²) in [5.41, 5.74) is -1.73. The molecular formula is C18H22F3N5OS. The van der Waals surface area contributed by atoms with Gasteiger partial charge in [0.15, 0.2) is 5.16 Å². The van der Waals surface area contributed by atoms with Crippen LogP contribution in [0.3, 0.4) is 0 Å². The number of alkyl halides is 3. The third-order valence-electron chi connectivity index (χ3n) is 3.99. The van der Waals surface area contributed by atoms with Crippen LogP contribution in [0.2, 0.25) is 0 Å². The Labute approximate surface area is 165 Å². The number of aromatic nitrogens is 3. The van der Waals surface area contributed by atoms with Gasteiger partial charge in [0.1, 0.15) is 16.8 Å². The van der Waals surface area contributed by atoms with Crippen LogP contribution in [0.1, 0.15) is 43.7 Å². The van der Waals surface area contributed by atoms with Crippen molar-refractivity contribution >= 4 is 29.2 Å². The van der Waals surface area contributed by atoms with Crippen molar-refractivity contribution in [1.82, 2.24) is 20.3 Å². The minimum Gasteiger partial charge on any atom is -0.350 e. The zero-order valence-electron chi connectivity index (χ0n) is 16.2. The highest BCUT2D eigenvalue weighted by Gasteiger charge is 2.49. The Morgan fingerprint density at radius 1 is 1.21 bits per heavy atom. The van der Waals surface area contributed by atoms with Gasteiger partial charge in [-0.3, -0.25) is 9.78 Å². The van der Waals surface area contributed by atoms with Crippen LogP contribution in [0.15, 0.2) is 29.7 Å². The van der Waals surface area contributed by atoms with E-state index in [0.717, 1.165) is 13.8 Å². The zero-order valence-corrected chi connectivity index (χ0v) is 17.0. The van der Waals surface area contributed by atoms with Gasteiger partial charge in [0.2, 0.25) is 0 Å². The molecule has 0 bridgehead atoms. The summed E-state index contributed by atoms with van der Waals surface area (Å²) in [4.78, 5) is 24.7. The quantitative estimate of drug-likeness (QED) is 0.543. The average Bonchev–Trinajstić information content (AvgIpc) is 2.60. The molecule has 0 fully saturated rings. The second-order valence-corrected chi connectivity index (χ2v) is 7.70. The van der Waals surface area contributed by atoms with Gasteiger partial charge in [-0.25, -0.2) is 9.97 Å². The minimum atomic E-state index is -4.46. The fourth-order valence-corrected chi connectivity index (χ4v) is 2.54. The van der Waals surface area contributed by atoms with E-state index in [-0.39, 0.29) is 29.0 Å². The van der Waals surface area contributed by atoms with E-state index in [0.29, 0.717) is 10.8 Å². The van der Waals surface area contributed by atoms with Crippen molar-refractivity contribution in [2.75, 3.05) is 11.6 Å². The van der Waals surface area contributed by atoms with E-state index >= 15 is 0 Å². The second kappa shape index (κ2) is 8.34. The first-order chi connectivity index (χ1) is 13.0. The van der Waals surface area contributed by atoms with Crippen LogP contribution in [0.5, 0.6) is 0 Å². The Morgan fingerprint density at radius 3 is 2.46 bits per heavy atom. The summed E-state index contributed by atoms with van der Waals surface area (Å²) in [6.45, 7) is 5.77. The maximum atomic E-state index is 13.3.